The Morgan fingerprint density at radius 2 is 2.20 bits per heavy atom. The Kier molecular flexibility index (Phi) is 4.55. The van der Waals surface area contributed by atoms with Gasteiger partial charge in [0.1, 0.15) is 0 Å². The van der Waals surface area contributed by atoms with Crippen LogP contribution in [0.2, 0.25) is 0 Å². The Morgan fingerprint density at radius 3 is 2.88 bits per heavy atom. The number of carbonyl (C=O) groups excluding carboxylic acids is 1. The summed E-state index contributed by atoms with van der Waals surface area (Å²) >= 11 is 0. The molecule has 0 spiro atoms. The number of unbranched alkanes of at least 4 members (excludes halogenated alkanes) is 1. The fourth-order valence-electron chi connectivity index (χ4n) is 3.60. The molecule has 6 nitrogen and oxygen atoms in total. The maximum Gasteiger partial charge on any atom is 0.276 e. The second-order valence-electron chi connectivity index (χ2n) is 6.89. The lowest BCUT2D eigenvalue weighted by Crippen LogP contribution is -2.33. The Balaban J connectivity index is 1.37. The van der Waals surface area contributed by atoms with Crippen molar-refractivity contribution in [1.29, 1.82) is 0 Å². The molecule has 0 unspecified atom stereocenters. The molecule has 0 aliphatic carbocycles. The number of amides is 1. The molecule has 1 aromatic heterocycles. The van der Waals surface area contributed by atoms with Gasteiger partial charge >= 0.3 is 0 Å². The van der Waals surface area contributed by atoms with E-state index in [0.717, 1.165) is 49.2 Å². The molecule has 4 rings (SSSR count). The number of hydrogen-bond acceptors (Lipinski definition) is 4. The van der Waals surface area contributed by atoms with E-state index in [1.54, 1.807) is 0 Å². The van der Waals surface area contributed by atoms with Crippen molar-refractivity contribution in [1.82, 2.24) is 15.5 Å². The third kappa shape index (κ3) is 3.45. The molecular weight excluding hydrogens is 316 g/mol. The molecule has 6 heteroatoms. The quantitative estimate of drug-likeness (QED) is 0.755. The number of H-pyrrole nitrogens is 1. The third-order valence-corrected chi connectivity index (χ3v) is 4.99. The minimum Gasteiger partial charge on any atom is -0.367 e. The van der Waals surface area contributed by atoms with E-state index in [0.29, 0.717) is 17.8 Å². The highest BCUT2D eigenvalue weighted by atomic mass is 16.5. The van der Waals surface area contributed by atoms with E-state index in [2.05, 4.69) is 27.8 Å². The predicted octanol–water partition coefficient (Wildman–Crippen LogP) is 2.81. The summed E-state index contributed by atoms with van der Waals surface area (Å²) in [5.74, 6) is -0.190. The van der Waals surface area contributed by atoms with Gasteiger partial charge in [-0.3, -0.25) is 9.89 Å². The lowest BCUT2D eigenvalue weighted by molar-refractivity contribution is 0.0160. The molecule has 3 heterocycles. The molecule has 1 aromatic carbocycles. The largest absolute Gasteiger partial charge is 0.367 e. The molecule has 2 saturated heterocycles. The van der Waals surface area contributed by atoms with Crippen LogP contribution in [-0.2, 0) is 11.2 Å². The molecular formula is C19H24N4O2. The van der Waals surface area contributed by atoms with Crippen LogP contribution < -0.4 is 10.6 Å². The van der Waals surface area contributed by atoms with Gasteiger partial charge in [0.05, 0.1) is 12.2 Å². The Labute approximate surface area is 147 Å². The first kappa shape index (κ1) is 16.3. The second-order valence-corrected chi connectivity index (χ2v) is 6.89. The number of aromatic amines is 1. The number of anilines is 1. The zero-order chi connectivity index (χ0) is 17.2. The van der Waals surface area contributed by atoms with Gasteiger partial charge in [-0.2, -0.15) is 5.10 Å². The highest BCUT2D eigenvalue weighted by Crippen LogP contribution is 2.37. The number of fused-ring (bicyclic) bond motifs is 2. The molecule has 1 amide bonds. The van der Waals surface area contributed by atoms with Crippen molar-refractivity contribution in [3.8, 4) is 0 Å². The van der Waals surface area contributed by atoms with Crippen LogP contribution in [0.1, 0.15) is 54.0 Å². The summed E-state index contributed by atoms with van der Waals surface area (Å²) in [6.45, 7) is 3.10. The first-order chi connectivity index (χ1) is 12.2. The molecule has 2 aliphatic heterocycles. The molecule has 2 aromatic rings. The number of aromatic nitrogens is 2. The standard InChI is InChI=1S/C19H24N4O2/c1-2-3-4-14-9-17(23-22-14)19(24)21-13-7-5-12(6-8-13)18-16-10-15(25-18)11-20-16/h5-9,15-16,18,20H,2-4,10-11H2,1H3,(H,21,24)(H,22,23)/t15-,16-,18+/m1/s1. The molecule has 2 fully saturated rings. The van der Waals surface area contributed by atoms with Crippen molar-refractivity contribution in [3.63, 3.8) is 0 Å². The van der Waals surface area contributed by atoms with Gasteiger partial charge in [0, 0.05) is 24.0 Å². The number of benzene rings is 1. The van der Waals surface area contributed by atoms with E-state index >= 15 is 0 Å². The molecule has 3 N–H and O–H groups in total. The van der Waals surface area contributed by atoms with E-state index < -0.39 is 0 Å². The molecule has 132 valence electrons. The van der Waals surface area contributed by atoms with Gasteiger partial charge in [-0.1, -0.05) is 25.5 Å². The molecule has 2 bridgehead atoms. The molecule has 0 radical (unpaired) electrons. The van der Waals surface area contributed by atoms with E-state index in [4.69, 9.17) is 4.74 Å². The van der Waals surface area contributed by atoms with Crippen molar-refractivity contribution < 1.29 is 9.53 Å². The number of nitrogens with zero attached hydrogens (tertiary/aromatic N) is 1. The van der Waals surface area contributed by atoms with Crippen LogP contribution in [0.5, 0.6) is 0 Å². The minimum absolute atomic E-state index is 0.121. The minimum atomic E-state index is -0.190. The summed E-state index contributed by atoms with van der Waals surface area (Å²) in [7, 11) is 0. The van der Waals surface area contributed by atoms with Crippen LogP contribution in [0.25, 0.3) is 0 Å². The molecule has 25 heavy (non-hydrogen) atoms. The van der Waals surface area contributed by atoms with Crippen LogP contribution in [0.15, 0.2) is 30.3 Å². The summed E-state index contributed by atoms with van der Waals surface area (Å²) in [6.07, 6.45) is 4.68. The maximum absolute atomic E-state index is 12.3. The number of nitrogens with one attached hydrogen (secondary N) is 3. The highest BCUT2D eigenvalue weighted by molar-refractivity contribution is 6.02. The lowest BCUT2D eigenvalue weighted by atomic mass is 10.0. The van der Waals surface area contributed by atoms with E-state index in [9.17, 15) is 4.79 Å². The van der Waals surface area contributed by atoms with Crippen LogP contribution in [0.4, 0.5) is 5.69 Å². The van der Waals surface area contributed by atoms with Gasteiger partial charge in [-0.25, -0.2) is 0 Å². The fraction of sp³-hybridized carbons (Fsp3) is 0.474. The summed E-state index contributed by atoms with van der Waals surface area (Å²) < 4.78 is 6.01. The lowest BCUT2D eigenvalue weighted by Gasteiger charge is -2.23. The van der Waals surface area contributed by atoms with Gasteiger partial charge in [0.2, 0.25) is 0 Å². The Hall–Kier alpha value is -2.18. The zero-order valence-corrected chi connectivity index (χ0v) is 14.4. The van der Waals surface area contributed by atoms with Crippen molar-refractivity contribution in [3.05, 3.63) is 47.3 Å². The van der Waals surface area contributed by atoms with E-state index in [-0.39, 0.29) is 12.0 Å². The van der Waals surface area contributed by atoms with Gasteiger partial charge in [0.25, 0.3) is 5.91 Å². The average molecular weight is 340 g/mol. The van der Waals surface area contributed by atoms with Crippen LogP contribution >= 0.6 is 0 Å². The monoisotopic (exact) mass is 340 g/mol. The molecule has 2 aliphatic rings. The van der Waals surface area contributed by atoms with Crippen LogP contribution in [0, 0.1) is 0 Å². The number of morpholine rings is 1. The first-order valence-corrected chi connectivity index (χ1v) is 9.07. The number of aryl methyl sites for hydroxylation is 1. The molecule has 0 saturated carbocycles. The first-order valence-electron chi connectivity index (χ1n) is 9.07. The van der Waals surface area contributed by atoms with Crippen molar-refractivity contribution in [2.24, 2.45) is 0 Å². The van der Waals surface area contributed by atoms with E-state index in [1.165, 1.54) is 0 Å². The van der Waals surface area contributed by atoms with Gasteiger partial charge < -0.3 is 15.4 Å². The summed E-state index contributed by atoms with van der Waals surface area (Å²) in [6, 6.07) is 10.1. The zero-order valence-electron chi connectivity index (χ0n) is 14.4. The van der Waals surface area contributed by atoms with Crippen LogP contribution in [-0.4, -0.2) is 34.8 Å². The summed E-state index contributed by atoms with van der Waals surface area (Å²) in [5, 5.41) is 13.4. The summed E-state index contributed by atoms with van der Waals surface area (Å²) in [4.78, 5) is 12.3. The normalized spacial score (nSPS) is 24.6. The fourth-order valence-corrected chi connectivity index (χ4v) is 3.60. The maximum atomic E-state index is 12.3. The van der Waals surface area contributed by atoms with Gasteiger partial charge in [-0.15, -0.1) is 0 Å². The number of carbonyl (C=O) groups is 1. The van der Waals surface area contributed by atoms with Gasteiger partial charge in [-0.05, 0) is 43.0 Å². The van der Waals surface area contributed by atoms with Crippen molar-refractivity contribution in [2.45, 2.75) is 50.9 Å². The Bertz CT molecular complexity index is 740. The number of hydrogen-bond donors (Lipinski definition) is 3. The number of ether oxygens (including phenoxy) is 1. The molecule has 3 atom stereocenters. The third-order valence-electron chi connectivity index (χ3n) is 4.99. The topological polar surface area (TPSA) is 79.0 Å². The van der Waals surface area contributed by atoms with Crippen molar-refractivity contribution >= 4 is 11.6 Å². The number of rotatable bonds is 6. The van der Waals surface area contributed by atoms with Gasteiger partial charge in [0.15, 0.2) is 5.69 Å². The van der Waals surface area contributed by atoms with E-state index in [1.807, 2.05) is 30.3 Å². The van der Waals surface area contributed by atoms with Crippen molar-refractivity contribution in [2.75, 3.05) is 11.9 Å². The SMILES string of the molecule is CCCCc1cc(C(=O)Nc2ccc([C@@H]3O[C@H]4CN[C@@H]3C4)cc2)n[nH]1. The predicted molar refractivity (Wildman–Crippen MR) is 95.6 cm³/mol. The summed E-state index contributed by atoms with van der Waals surface area (Å²) in [5.41, 5.74) is 3.35. The average Bonchev–Trinajstić information content (AvgIpc) is 3.37. The highest BCUT2D eigenvalue weighted by Gasteiger charge is 2.41. The second kappa shape index (κ2) is 6.98. The van der Waals surface area contributed by atoms with Crippen LogP contribution in [0.3, 0.4) is 0 Å². The Morgan fingerprint density at radius 1 is 1.36 bits per heavy atom. The smallest absolute Gasteiger partial charge is 0.276 e.